The molecule has 6 aliphatic carbocycles. The van der Waals surface area contributed by atoms with Crippen LogP contribution in [-0.2, 0) is 21.4 Å². The smallest absolute Gasteiger partial charge is 0.239 e. The lowest BCUT2D eigenvalue weighted by atomic mass is 9.38. The highest BCUT2D eigenvalue weighted by Crippen LogP contribution is 2.71. The molecule has 0 aromatic heterocycles. The first-order valence-corrected chi connectivity index (χ1v) is 15.7. The molecule has 0 spiro atoms. The number of hydrogen-bond donors (Lipinski definition) is 1. The number of halogens is 4. The lowest BCUT2D eigenvalue weighted by molar-refractivity contribution is -0.151. The molecule has 4 bridgehead atoms. The summed E-state index contributed by atoms with van der Waals surface area (Å²) in [6.07, 6.45) is 2.31. The zero-order valence-electron chi connectivity index (χ0n) is 21.6. The number of amidine groups is 1. The Kier molecular flexibility index (Phi) is 6.09. The molecule has 0 amide bonds. The lowest BCUT2D eigenvalue weighted by Gasteiger charge is -2.73. The van der Waals surface area contributed by atoms with E-state index >= 15 is 0 Å². The summed E-state index contributed by atoms with van der Waals surface area (Å²) in [5.74, 6) is 1.18. The first-order chi connectivity index (χ1) is 17.7. The number of carbonyl (C=O) groups is 1. The third-order valence-corrected chi connectivity index (χ3v) is 12.4. The van der Waals surface area contributed by atoms with Gasteiger partial charge in [0.2, 0.25) is 16.4 Å². The van der Waals surface area contributed by atoms with Gasteiger partial charge >= 0.3 is 0 Å². The molecule has 0 saturated heterocycles. The predicted molar refractivity (Wildman–Crippen MR) is 143 cm³/mol. The monoisotopic (exact) mass is 587 g/mol. The second-order valence-electron chi connectivity index (χ2n) is 13.1. The van der Waals surface area contributed by atoms with Gasteiger partial charge in [-0.15, -0.1) is 0 Å². The van der Waals surface area contributed by atoms with Crippen molar-refractivity contribution < 1.29 is 22.0 Å². The Hall–Kier alpha value is -1.29. The molecule has 1 heterocycles. The molecule has 7 aliphatic rings. The zero-order chi connectivity index (χ0) is 27.3. The van der Waals surface area contributed by atoms with Gasteiger partial charge in [-0.2, -0.15) is 4.31 Å². The molecule has 6 saturated carbocycles. The highest BCUT2D eigenvalue weighted by Gasteiger charge is 2.75. The molecule has 6 nitrogen and oxygen atoms in total. The van der Waals surface area contributed by atoms with E-state index in [0.29, 0.717) is 41.3 Å². The van der Waals surface area contributed by atoms with E-state index in [2.05, 4.69) is 5.32 Å². The van der Waals surface area contributed by atoms with Crippen molar-refractivity contribution in [1.82, 2.24) is 9.62 Å². The number of rotatable bonds is 11. The maximum Gasteiger partial charge on any atom is 0.239 e. The molecule has 0 radical (unpaired) electrons. The van der Waals surface area contributed by atoms with Crippen LogP contribution in [0.15, 0.2) is 23.2 Å². The molecular formula is C27H33Cl2F2N3O3S. The van der Waals surface area contributed by atoms with Crippen LogP contribution in [0.2, 0.25) is 10.0 Å². The van der Waals surface area contributed by atoms with E-state index in [9.17, 15) is 22.0 Å². The Morgan fingerprint density at radius 1 is 1.16 bits per heavy atom. The lowest BCUT2D eigenvalue weighted by Crippen LogP contribution is -2.78. The maximum atomic E-state index is 13.3. The summed E-state index contributed by atoms with van der Waals surface area (Å²) in [4.78, 5) is 18.2. The molecule has 8 rings (SSSR count). The largest absolute Gasteiger partial charge is 0.366 e. The summed E-state index contributed by atoms with van der Waals surface area (Å²) in [6, 6.07) is 4.49. The Morgan fingerprint density at radius 3 is 2.37 bits per heavy atom. The van der Waals surface area contributed by atoms with Gasteiger partial charge in [0.05, 0.1) is 21.3 Å². The van der Waals surface area contributed by atoms with E-state index in [-0.39, 0.29) is 23.2 Å². The van der Waals surface area contributed by atoms with Crippen LogP contribution in [0.25, 0.3) is 0 Å². The van der Waals surface area contributed by atoms with Crippen molar-refractivity contribution >= 4 is 44.8 Å². The molecule has 0 unspecified atom stereocenters. The Balaban J connectivity index is 1.20. The van der Waals surface area contributed by atoms with E-state index in [1.807, 2.05) is 13.8 Å². The number of hydrogen-bond acceptors (Lipinski definition) is 5. The van der Waals surface area contributed by atoms with Gasteiger partial charge in [0, 0.05) is 30.3 Å². The average molecular weight is 589 g/mol. The number of aliphatic imine (C=N–C) groups is 1. The summed E-state index contributed by atoms with van der Waals surface area (Å²) in [5.41, 5.74) is -0.600. The highest BCUT2D eigenvalue weighted by molar-refractivity contribution is 7.89. The Bertz CT molecular complexity index is 1300. The number of ketones is 1. The SMILES string of the molecule is CC1(C)NC(C23CC(N(Cc4ccc(Cl)c(Cl)c4)S(=O)(=O)CCC(F)F)(C2)C3)=N[C@H]1C(=O)CC12CC(C1)C2. The first kappa shape index (κ1) is 26.9. The molecule has 11 heteroatoms. The summed E-state index contributed by atoms with van der Waals surface area (Å²) in [6.45, 7) is 4.04. The molecular weight excluding hydrogens is 555 g/mol. The number of nitrogens with one attached hydrogen (secondary N) is 1. The van der Waals surface area contributed by atoms with Gasteiger partial charge in [-0.1, -0.05) is 29.3 Å². The first-order valence-electron chi connectivity index (χ1n) is 13.3. The van der Waals surface area contributed by atoms with Crippen LogP contribution in [0.5, 0.6) is 0 Å². The van der Waals surface area contributed by atoms with Crippen molar-refractivity contribution in [3.05, 3.63) is 33.8 Å². The molecule has 1 atom stereocenters. The number of carbonyl (C=O) groups excluding carboxylic acids is 1. The van der Waals surface area contributed by atoms with E-state index in [1.165, 1.54) is 4.31 Å². The van der Waals surface area contributed by atoms with Crippen molar-refractivity contribution in [2.45, 2.75) is 95.3 Å². The van der Waals surface area contributed by atoms with E-state index in [0.717, 1.165) is 31.0 Å². The van der Waals surface area contributed by atoms with Gasteiger partial charge in [-0.25, -0.2) is 17.2 Å². The maximum absolute atomic E-state index is 13.3. The fourth-order valence-corrected chi connectivity index (χ4v) is 9.89. The van der Waals surface area contributed by atoms with E-state index in [1.54, 1.807) is 18.2 Å². The summed E-state index contributed by atoms with van der Waals surface area (Å²) >= 11 is 12.2. The molecule has 1 aliphatic heterocycles. The number of nitrogens with zero attached hydrogens (tertiary/aromatic N) is 2. The van der Waals surface area contributed by atoms with E-state index in [4.69, 9.17) is 28.2 Å². The molecule has 208 valence electrons. The fourth-order valence-electron chi connectivity index (χ4n) is 7.74. The van der Waals surface area contributed by atoms with Gasteiger partial charge in [0.15, 0.2) is 5.78 Å². The van der Waals surface area contributed by atoms with E-state index < -0.39 is 45.7 Å². The third kappa shape index (κ3) is 4.22. The van der Waals surface area contributed by atoms with Crippen molar-refractivity contribution in [2.24, 2.45) is 21.7 Å². The average Bonchev–Trinajstić information content (AvgIpc) is 3.03. The predicted octanol–water partition coefficient (Wildman–Crippen LogP) is 5.61. The summed E-state index contributed by atoms with van der Waals surface area (Å²) < 4.78 is 54.0. The van der Waals surface area contributed by atoms with Gasteiger partial charge in [-0.05, 0) is 81.4 Å². The van der Waals surface area contributed by atoms with Crippen molar-refractivity contribution in [3.8, 4) is 0 Å². The molecule has 1 aromatic carbocycles. The number of alkyl halides is 2. The standard InChI is InChI=1S/C27H33Cl2F2N3O3S/c1-24(2)22(20(35)11-25-8-17(9-25)10-25)32-23(33-24)26-13-27(14-26,15-26)34(38(36,37)6-5-21(30)31)12-16-3-4-18(28)19(29)7-16/h3-4,7,17,21-22H,5-6,8-15H2,1-2H3,(H,32,33)/t17?,22-,25?,26?,27?/m0/s1. The summed E-state index contributed by atoms with van der Waals surface area (Å²) in [5, 5.41) is 4.17. The Morgan fingerprint density at radius 2 is 1.82 bits per heavy atom. The van der Waals surface area contributed by atoms with Crippen LogP contribution in [0.1, 0.15) is 70.8 Å². The molecule has 38 heavy (non-hydrogen) atoms. The fraction of sp³-hybridized carbons (Fsp3) is 0.704. The highest BCUT2D eigenvalue weighted by atomic mass is 35.5. The zero-order valence-corrected chi connectivity index (χ0v) is 23.9. The number of Topliss-reactive ketones (excluding diaryl/α,β-unsaturated/α-hetero) is 1. The van der Waals surface area contributed by atoms with Gasteiger partial charge < -0.3 is 5.32 Å². The van der Waals surface area contributed by atoms with Crippen LogP contribution in [0, 0.1) is 16.7 Å². The van der Waals surface area contributed by atoms with Crippen LogP contribution < -0.4 is 5.32 Å². The normalized spacial score (nSPS) is 36.1. The summed E-state index contributed by atoms with van der Waals surface area (Å²) in [7, 11) is -3.97. The Labute approximate surface area is 232 Å². The second-order valence-corrected chi connectivity index (χ2v) is 16.0. The number of sulfonamides is 1. The molecule has 6 fully saturated rings. The van der Waals surface area contributed by atoms with Gasteiger partial charge in [0.1, 0.15) is 11.9 Å². The van der Waals surface area contributed by atoms with Crippen LogP contribution in [-0.4, -0.2) is 53.6 Å². The second kappa shape index (κ2) is 8.60. The quantitative estimate of drug-likeness (QED) is 0.365. The minimum Gasteiger partial charge on any atom is -0.366 e. The van der Waals surface area contributed by atoms with Gasteiger partial charge in [-0.3, -0.25) is 9.79 Å². The van der Waals surface area contributed by atoms with Crippen molar-refractivity contribution in [3.63, 3.8) is 0 Å². The molecule has 1 aromatic rings. The minimum absolute atomic E-state index is 0.0358. The van der Waals surface area contributed by atoms with Crippen LogP contribution in [0.3, 0.4) is 0 Å². The van der Waals surface area contributed by atoms with Crippen molar-refractivity contribution in [1.29, 1.82) is 0 Å². The van der Waals surface area contributed by atoms with Gasteiger partial charge in [0.25, 0.3) is 0 Å². The molecule has 1 N–H and O–H groups in total. The number of benzene rings is 1. The third-order valence-electron chi connectivity index (χ3n) is 9.68. The van der Waals surface area contributed by atoms with Crippen LogP contribution in [0.4, 0.5) is 8.78 Å². The topological polar surface area (TPSA) is 78.8 Å². The van der Waals surface area contributed by atoms with Crippen LogP contribution >= 0.6 is 23.2 Å². The minimum atomic E-state index is -3.97. The van der Waals surface area contributed by atoms with Crippen molar-refractivity contribution in [2.75, 3.05) is 5.75 Å².